The van der Waals surface area contributed by atoms with Crippen molar-refractivity contribution in [2.45, 2.75) is 87.8 Å². The van der Waals surface area contributed by atoms with Gasteiger partial charge in [-0.15, -0.1) is 0 Å². The van der Waals surface area contributed by atoms with Crippen LogP contribution in [0.4, 0.5) is 5.69 Å². The quantitative estimate of drug-likeness (QED) is 0.0326. The molecule has 0 spiro atoms. The predicted molar refractivity (Wildman–Crippen MR) is 232 cm³/mol. The minimum Gasteiger partial charge on any atom is -0.744 e. The lowest BCUT2D eigenvalue weighted by atomic mass is 9.83. The number of H-pyrrole nitrogens is 1. The molecule has 2 unspecified atom stereocenters. The fourth-order valence-electron chi connectivity index (χ4n) is 7.21. The van der Waals surface area contributed by atoms with Gasteiger partial charge in [-0.1, -0.05) is 38.2 Å². The number of aryl methyl sites for hydroxylation is 1. The SMILES string of the molecule is CCN1/C(=C/C=C/c2cc[n+](CCCCCC(=O)NC/C=C/c3cn([C@@H]4O[C@H](COP(=O)(O)OP(=O)(O)OP(=O)(O)O)[C@@H](O)[C@H]4O)c(=O)[nH]c3=O)cc2)C(C)(C)c2cc(S(=O)(=O)[O-])ccc21. The number of rotatable bonds is 21. The molecule has 1 amide bonds. The maximum Gasteiger partial charge on any atom is 0.490 e. The molecule has 0 bridgehead atoms. The van der Waals surface area contributed by atoms with Crippen molar-refractivity contribution in [1.82, 2.24) is 14.9 Å². The van der Waals surface area contributed by atoms with Crippen LogP contribution in [0.2, 0.25) is 0 Å². The number of carbonyl (C=O) groups excluding carboxylic acids is 1. The first-order chi connectivity index (χ1) is 30.7. The van der Waals surface area contributed by atoms with E-state index in [1.165, 1.54) is 24.3 Å². The van der Waals surface area contributed by atoms with Gasteiger partial charge in [-0.2, -0.15) is 8.62 Å². The Kier molecular flexibility index (Phi) is 17.1. The zero-order valence-electron chi connectivity index (χ0n) is 35.6. The van der Waals surface area contributed by atoms with E-state index in [9.17, 15) is 61.0 Å². The molecule has 0 radical (unpaired) electrons. The first-order valence-corrected chi connectivity index (χ1v) is 26.0. The second kappa shape index (κ2) is 21.4. The van der Waals surface area contributed by atoms with Gasteiger partial charge in [0.25, 0.3) is 5.56 Å². The zero-order chi connectivity index (χ0) is 48.8. The van der Waals surface area contributed by atoms with E-state index in [1.807, 2.05) is 73.1 Å². The van der Waals surface area contributed by atoms with Crippen LogP contribution < -0.4 is 26.0 Å². The van der Waals surface area contributed by atoms with Gasteiger partial charge in [-0.25, -0.2) is 31.5 Å². The average molecular weight is 1010 g/mol. The minimum absolute atomic E-state index is 0.00711. The van der Waals surface area contributed by atoms with E-state index in [-0.39, 0.29) is 29.3 Å². The fourth-order valence-corrected chi connectivity index (χ4v) is 10.7. The topological polar surface area (TPSA) is 358 Å². The van der Waals surface area contributed by atoms with Crippen molar-refractivity contribution in [2.75, 3.05) is 24.6 Å². The molecule has 1 aromatic carbocycles. The van der Waals surface area contributed by atoms with Gasteiger partial charge in [0, 0.05) is 61.1 Å². The van der Waals surface area contributed by atoms with Crippen LogP contribution in [0.3, 0.4) is 0 Å². The Labute approximate surface area is 377 Å². The third-order valence-corrected chi connectivity index (χ3v) is 15.0. The second-order valence-electron chi connectivity index (χ2n) is 15.5. The number of fused-ring (bicyclic) bond motifs is 1. The van der Waals surface area contributed by atoms with Crippen LogP contribution in [0, 0.1) is 0 Å². The van der Waals surface area contributed by atoms with Crippen LogP contribution in [0.1, 0.15) is 69.4 Å². The summed E-state index contributed by atoms with van der Waals surface area (Å²) in [7, 11) is -21.7. The number of aliphatic hydroxyl groups excluding tert-OH is 2. The number of aromatic amines is 1. The molecule has 0 aliphatic carbocycles. The molecule has 2 aromatic heterocycles. The predicted octanol–water partition coefficient (Wildman–Crippen LogP) is 1.80. The summed E-state index contributed by atoms with van der Waals surface area (Å²) in [5, 5.41) is 23.7. The summed E-state index contributed by atoms with van der Waals surface area (Å²) in [6.45, 7) is 6.23. The smallest absolute Gasteiger partial charge is 0.490 e. The van der Waals surface area contributed by atoms with Crippen molar-refractivity contribution in [2.24, 2.45) is 0 Å². The van der Waals surface area contributed by atoms with Gasteiger partial charge in [0.2, 0.25) is 5.91 Å². The Morgan fingerprint density at radius 2 is 1.70 bits per heavy atom. The van der Waals surface area contributed by atoms with Crippen LogP contribution in [-0.4, -0.2) is 96.2 Å². The molecule has 1 fully saturated rings. The van der Waals surface area contributed by atoms with E-state index in [2.05, 4.69) is 23.4 Å². The Morgan fingerprint density at radius 1 is 1.00 bits per heavy atom. The maximum atomic E-state index is 12.6. The first-order valence-electron chi connectivity index (χ1n) is 20.1. The number of nitrogens with zero attached hydrogens (tertiary/aromatic N) is 3. The lowest BCUT2D eigenvalue weighted by Crippen LogP contribution is -2.38. The highest BCUT2D eigenvalue weighted by atomic mass is 32.2. The molecule has 362 valence electrons. The number of hydrogen-bond acceptors (Lipinski definition) is 16. The van der Waals surface area contributed by atoms with E-state index in [0.29, 0.717) is 17.5 Å². The largest absolute Gasteiger partial charge is 0.744 e. The molecule has 8 N–H and O–H groups in total. The Hall–Kier alpha value is -4.26. The number of likely N-dealkylation sites (N-methyl/N-ethyl adjacent to an activating group) is 1. The number of pyridine rings is 1. The van der Waals surface area contributed by atoms with Crippen molar-refractivity contribution in [3.63, 3.8) is 0 Å². The number of aromatic nitrogens is 3. The number of ether oxygens (including phenoxy) is 1. The third kappa shape index (κ3) is 13.9. The van der Waals surface area contributed by atoms with Gasteiger partial charge in [-0.05, 0) is 55.2 Å². The number of amides is 1. The van der Waals surface area contributed by atoms with Crippen molar-refractivity contribution in [1.29, 1.82) is 0 Å². The van der Waals surface area contributed by atoms with E-state index < -0.39 is 81.4 Å². The monoisotopic (exact) mass is 1010 g/mol. The molecule has 1 saturated heterocycles. The lowest BCUT2D eigenvalue weighted by Gasteiger charge is -2.25. The molecule has 5 rings (SSSR count). The number of phosphoric acid groups is 3. The number of nitrogens with one attached hydrogen (secondary N) is 2. The normalized spacial score (nSPS) is 22.2. The van der Waals surface area contributed by atoms with E-state index in [0.717, 1.165) is 48.1 Å². The number of benzene rings is 1. The number of unbranched alkanes of at least 4 members (excludes halogenated alkanes) is 2. The van der Waals surface area contributed by atoms with E-state index in [1.54, 1.807) is 6.07 Å². The van der Waals surface area contributed by atoms with Gasteiger partial charge < -0.3 is 49.3 Å². The van der Waals surface area contributed by atoms with Gasteiger partial charge >= 0.3 is 29.2 Å². The highest BCUT2D eigenvalue weighted by molar-refractivity contribution is 7.85. The lowest BCUT2D eigenvalue weighted by molar-refractivity contribution is -0.697. The second-order valence-corrected chi connectivity index (χ2v) is 21.3. The van der Waals surface area contributed by atoms with Gasteiger partial charge in [0.05, 0.1) is 17.1 Å². The molecular formula is C38H50N5O19P3S. The molecule has 2 aliphatic rings. The number of anilines is 1. The third-order valence-electron chi connectivity index (χ3n) is 10.4. The molecule has 0 saturated carbocycles. The maximum absolute atomic E-state index is 12.6. The summed E-state index contributed by atoms with van der Waals surface area (Å²) >= 11 is 0. The van der Waals surface area contributed by atoms with Crippen molar-refractivity contribution in [3.05, 3.63) is 110 Å². The molecule has 28 heteroatoms. The summed E-state index contributed by atoms with van der Waals surface area (Å²) in [5.74, 6) is -0.247. The van der Waals surface area contributed by atoms with Crippen LogP contribution >= 0.6 is 23.5 Å². The summed E-state index contributed by atoms with van der Waals surface area (Å²) in [6.07, 6.45) is 8.70. The van der Waals surface area contributed by atoms with Crippen LogP contribution in [-0.2, 0) is 58.4 Å². The highest BCUT2D eigenvalue weighted by Gasteiger charge is 2.47. The Bertz CT molecular complexity index is 2740. The number of hydrogen-bond donors (Lipinski definition) is 8. The molecule has 3 aromatic rings. The highest BCUT2D eigenvalue weighted by Crippen LogP contribution is 2.66. The van der Waals surface area contributed by atoms with Gasteiger partial charge in [0.15, 0.2) is 18.6 Å². The van der Waals surface area contributed by atoms with Crippen molar-refractivity contribution < 1.29 is 83.7 Å². The number of phosphoric ester groups is 1. The van der Waals surface area contributed by atoms with Crippen LogP contribution in [0.15, 0.2) is 87.3 Å². The zero-order valence-corrected chi connectivity index (χ0v) is 39.1. The number of allylic oxidation sites excluding steroid dienone is 3. The van der Waals surface area contributed by atoms with Gasteiger partial charge in [-0.3, -0.25) is 23.7 Å². The van der Waals surface area contributed by atoms with E-state index >= 15 is 0 Å². The molecule has 66 heavy (non-hydrogen) atoms. The molecule has 24 nitrogen and oxygen atoms in total. The molecule has 4 heterocycles. The van der Waals surface area contributed by atoms with Gasteiger partial charge in [0.1, 0.15) is 35.0 Å². The average Bonchev–Trinajstić information content (AvgIpc) is 3.61. The Balaban J connectivity index is 1.04. The first kappa shape index (κ1) is 52.7. The van der Waals surface area contributed by atoms with Crippen LogP contribution in [0.25, 0.3) is 12.2 Å². The van der Waals surface area contributed by atoms with Crippen molar-refractivity contribution in [3.8, 4) is 0 Å². The summed E-state index contributed by atoms with van der Waals surface area (Å²) in [5.41, 5.74) is 0.959. The number of aliphatic hydroxyl groups is 2. The minimum atomic E-state index is -5.83. The number of carbonyl (C=O) groups is 1. The summed E-state index contributed by atoms with van der Waals surface area (Å²) in [6, 6.07) is 8.42. The standard InChI is InChI=1S/C38H50N5O19P3S/c1-4-42-29-15-14-27(66(56,57)58)22-28(29)38(2,3)31(42)12-8-10-25-16-20-41(21-17-25)19-7-5-6-13-32(44)39-18-9-11-26-23-43(37(48)40-35(26)47)36-34(46)33(45)30(60-36)24-59-64(52,53)62-65(54,55)61-63(49,50)51/h8-12,14-17,20-23,30,33-34,36,45-46H,4-7,13,18-19,24H2,1-3H3,(H6-,39,40,44,47,48,49,50,51,52,53,54,55,56,57,58)/b11-9+/t30-,33-,34-,36-/m1/s1. The van der Waals surface area contributed by atoms with Crippen molar-refractivity contribution >= 4 is 57.3 Å². The summed E-state index contributed by atoms with van der Waals surface area (Å²) < 4.78 is 89.2. The summed E-state index contributed by atoms with van der Waals surface area (Å²) in [4.78, 5) is 77.7. The van der Waals surface area contributed by atoms with E-state index in [4.69, 9.17) is 14.5 Å². The molecular weight excluding hydrogens is 955 g/mol. The molecule has 6 atom stereocenters. The molecule has 2 aliphatic heterocycles. The van der Waals surface area contributed by atoms with Crippen LogP contribution in [0.5, 0.6) is 0 Å². The Morgan fingerprint density at radius 3 is 2.35 bits per heavy atom. The fraction of sp³-hybridized carbons (Fsp3) is 0.421.